The topological polar surface area (TPSA) is 81.2 Å². The SMILES string of the molecule is COC(=O)c1ccc(C)c(NC(=O)CSc2ncnc3sccc23)c1. The fourth-order valence-electron chi connectivity index (χ4n) is 2.20. The number of aromatic nitrogens is 2. The summed E-state index contributed by atoms with van der Waals surface area (Å²) < 4.78 is 4.71. The number of amides is 1. The molecule has 0 radical (unpaired) electrons. The summed E-state index contributed by atoms with van der Waals surface area (Å²) >= 11 is 2.89. The molecule has 0 aliphatic carbocycles. The number of hydrogen-bond acceptors (Lipinski definition) is 7. The Hall–Kier alpha value is -2.45. The van der Waals surface area contributed by atoms with Gasteiger partial charge in [0.05, 0.1) is 18.4 Å². The van der Waals surface area contributed by atoms with E-state index in [1.165, 1.54) is 36.5 Å². The quantitative estimate of drug-likeness (QED) is 0.419. The third-order valence-corrected chi connectivity index (χ3v) is 5.32. The molecule has 2 aromatic heterocycles. The predicted octanol–water partition coefficient (Wildman–Crippen LogP) is 3.52. The van der Waals surface area contributed by atoms with Crippen LogP contribution in [0, 0.1) is 6.92 Å². The van der Waals surface area contributed by atoms with Gasteiger partial charge in [0.25, 0.3) is 0 Å². The fraction of sp³-hybridized carbons (Fsp3) is 0.176. The zero-order valence-corrected chi connectivity index (χ0v) is 15.2. The average molecular weight is 373 g/mol. The highest BCUT2D eigenvalue weighted by atomic mass is 32.2. The van der Waals surface area contributed by atoms with Crippen LogP contribution < -0.4 is 5.32 Å². The number of nitrogens with one attached hydrogen (secondary N) is 1. The van der Waals surface area contributed by atoms with E-state index < -0.39 is 5.97 Å². The van der Waals surface area contributed by atoms with Crippen molar-refractivity contribution in [1.29, 1.82) is 0 Å². The largest absolute Gasteiger partial charge is 0.465 e. The number of fused-ring (bicyclic) bond motifs is 1. The van der Waals surface area contributed by atoms with Gasteiger partial charge < -0.3 is 10.1 Å². The Morgan fingerprint density at radius 3 is 2.92 bits per heavy atom. The number of ether oxygens (including phenoxy) is 1. The zero-order valence-electron chi connectivity index (χ0n) is 13.6. The molecule has 8 heteroatoms. The number of carbonyl (C=O) groups is 2. The lowest BCUT2D eigenvalue weighted by Crippen LogP contribution is -2.15. The van der Waals surface area contributed by atoms with Crippen LogP contribution in [-0.4, -0.2) is 34.7 Å². The molecule has 0 atom stereocenters. The van der Waals surface area contributed by atoms with Gasteiger partial charge in [-0.25, -0.2) is 14.8 Å². The van der Waals surface area contributed by atoms with Crippen LogP contribution in [0.1, 0.15) is 15.9 Å². The molecule has 0 aliphatic heterocycles. The minimum atomic E-state index is -0.439. The molecule has 1 amide bonds. The Morgan fingerprint density at radius 2 is 2.12 bits per heavy atom. The molecule has 0 saturated carbocycles. The number of thiophene rings is 1. The smallest absolute Gasteiger partial charge is 0.337 e. The number of anilines is 1. The van der Waals surface area contributed by atoms with Crippen LogP contribution in [0.15, 0.2) is 41.0 Å². The molecule has 2 heterocycles. The van der Waals surface area contributed by atoms with Crippen LogP contribution >= 0.6 is 23.1 Å². The van der Waals surface area contributed by atoms with Crippen LogP contribution in [0.25, 0.3) is 10.2 Å². The van der Waals surface area contributed by atoms with Gasteiger partial charge in [-0.05, 0) is 36.1 Å². The van der Waals surface area contributed by atoms with E-state index in [1.54, 1.807) is 18.2 Å². The van der Waals surface area contributed by atoms with Crippen molar-refractivity contribution in [2.75, 3.05) is 18.2 Å². The lowest BCUT2D eigenvalue weighted by Gasteiger charge is -2.10. The molecule has 128 valence electrons. The summed E-state index contributed by atoms with van der Waals surface area (Å²) in [5.41, 5.74) is 1.86. The minimum absolute atomic E-state index is 0.169. The number of nitrogens with zero attached hydrogens (tertiary/aromatic N) is 2. The molecule has 0 bridgehead atoms. The first kappa shape index (κ1) is 17.4. The number of aryl methyl sites for hydroxylation is 1. The van der Waals surface area contributed by atoms with Gasteiger partial charge in [0.1, 0.15) is 16.2 Å². The Bertz CT molecular complexity index is 940. The van der Waals surface area contributed by atoms with Crippen molar-refractivity contribution in [3.63, 3.8) is 0 Å². The summed E-state index contributed by atoms with van der Waals surface area (Å²) in [7, 11) is 1.32. The van der Waals surface area contributed by atoms with Gasteiger partial charge in [-0.3, -0.25) is 4.79 Å². The number of rotatable bonds is 5. The van der Waals surface area contributed by atoms with Gasteiger partial charge in [-0.2, -0.15) is 0 Å². The van der Waals surface area contributed by atoms with Crippen LogP contribution in [-0.2, 0) is 9.53 Å². The summed E-state index contributed by atoms with van der Waals surface area (Å²) in [6.07, 6.45) is 1.50. The lowest BCUT2D eigenvalue weighted by atomic mass is 10.1. The molecule has 0 spiro atoms. The second-order valence-corrected chi connectivity index (χ2v) is 7.03. The number of hydrogen-bond donors (Lipinski definition) is 1. The fourth-order valence-corrected chi connectivity index (χ4v) is 3.78. The van der Waals surface area contributed by atoms with E-state index in [9.17, 15) is 9.59 Å². The summed E-state index contributed by atoms with van der Waals surface area (Å²) in [4.78, 5) is 33.2. The third-order valence-electron chi connectivity index (χ3n) is 3.50. The first-order chi connectivity index (χ1) is 12.1. The number of esters is 1. The maximum absolute atomic E-state index is 12.3. The summed E-state index contributed by atoms with van der Waals surface area (Å²) in [5, 5.41) is 6.51. The average Bonchev–Trinajstić information content (AvgIpc) is 3.10. The number of thioether (sulfide) groups is 1. The maximum Gasteiger partial charge on any atom is 0.337 e. The van der Waals surface area contributed by atoms with Gasteiger partial charge in [-0.1, -0.05) is 17.8 Å². The number of carbonyl (C=O) groups excluding carboxylic acids is 2. The molecule has 0 fully saturated rings. The third kappa shape index (κ3) is 3.97. The summed E-state index contributed by atoms with van der Waals surface area (Å²) in [6.45, 7) is 1.86. The molecule has 3 rings (SSSR count). The molecular formula is C17H15N3O3S2. The van der Waals surface area contributed by atoms with Gasteiger partial charge >= 0.3 is 5.97 Å². The van der Waals surface area contributed by atoms with Crippen molar-refractivity contribution >= 4 is 50.9 Å². The van der Waals surface area contributed by atoms with Crippen LogP contribution in [0.2, 0.25) is 0 Å². The molecular weight excluding hydrogens is 358 g/mol. The van der Waals surface area contributed by atoms with E-state index in [0.717, 1.165) is 20.8 Å². The Balaban J connectivity index is 1.68. The minimum Gasteiger partial charge on any atom is -0.465 e. The second kappa shape index (κ2) is 7.62. The summed E-state index contributed by atoms with van der Waals surface area (Å²) in [5.74, 6) is -0.396. The van der Waals surface area contributed by atoms with E-state index in [2.05, 4.69) is 15.3 Å². The Morgan fingerprint density at radius 1 is 1.28 bits per heavy atom. The Kier molecular flexibility index (Phi) is 5.30. The number of benzene rings is 1. The van der Waals surface area contributed by atoms with Crippen LogP contribution in [0.5, 0.6) is 0 Å². The van der Waals surface area contributed by atoms with Crippen molar-refractivity contribution in [2.24, 2.45) is 0 Å². The summed E-state index contributed by atoms with van der Waals surface area (Å²) in [6, 6.07) is 7.00. The predicted molar refractivity (Wildman–Crippen MR) is 99.3 cm³/mol. The van der Waals surface area contributed by atoms with Crippen LogP contribution in [0.3, 0.4) is 0 Å². The van der Waals surface area contributed by atoms with Crippen molar-refractivity contribution in [3.05, 3.63) is 47.1 Å². The molecule has 1 N–H and O–H groups in total. The highest BCUT2D eigenvalue weighted by Crippen LogP contribution is 2.27. The molecule has 0 unspecified atom stereocenters. The molecule has 25 heavy (non-hydrogen) atoms. The highest BCUT2D eigenvalue weighted by molar-refractivity contribution is 8.00. The van der Waals surface area contributed by atoms with E-state index in [1.807, 2.05) is 18.4 Å². The molecule has 0 saturated heterocycles. The van der Waals surface area contributed by atoms with E-state index in [-0.39, 0.29) is 11.7 Å². The van der Waals surface area contributed by atoms with E-state index in [0.29, 0.717) is 11.3 Å². The molecule has 3 aromatic rings. The van der Waals surface area contributed by atoms with Crippen molar-refractivity contribution < 1.29 is 14.3 Å². The monoisotopic (exact) mass is 373 g/mol. The first-order valence-corrected chi connectivity index (χ1v) is 9.25. The standard InChI is InChI=1S/C17H15N3O3S2/c1-10-3-4-11(17(22)23-2)7-13(10)20-14(21)8-25-16-12-5-6-24-15(12)18-9-19-16/h3-7,9H,8H2,1-2H3,(H,20,21). The second-order valence-electron chi connectivity index (χ2n) is 5.18. The maximum atomic E-state index is 12.3. The van der Waals surface area contributed by atoms with E-state index in [4.69, 9.17) is 4.74 Å². The van der Waals surface area contributed by atoms with Crippen molar-refractivity contribution in [3.8, 4) is 0 Å². The van der Waals surface area contributed by atoms with Crippen molar-refractivity contribution in [2.45, 2.75) is 11.9 Å². The van der Waals surface area contributed by atoms with Gasteiger partial charge in [-0.15, -0.1) is 11.3 Å². The molecule has 0 aliphatic rings. The first-order valence-electron chi connectivity index (χ1n) is 7.38. The molecule has 6 nitrogen and oxygen atoms in total. The van der Waals surface area contributed by atoms with E-state index >= 15 is 0 Å². The molecule has 1 aromatic carbocycles. The normalized spacial score (nSPS) is 10.6. The van der Waals surface area contributed by atoms with Crippen LogP contribution in [0.4, 0.5) is 5.69 Å². The number of methoxy groups -OCH3 is 1. The van der Waals surface area contributed by atoms with Gasteiger partial charge in [0.2, 0.25) is 5.91 Å². The lowest BCUT2D eigenvalue weighted by molar-refractivity contribution is -0.113. The Labute approximate surface area is 152 Å². The highest BCUT2D eigenvalue weighted by Gasteiger charge is 2.12. The van der Waals surface area contributed by atoms with Gasteiger partial charge in [0, 0.05) is 11.1 Å². The van der Waals surface area contributed by atoms with Crippen molar-refractivity contribution in [1.82, 2.24) is 9.97 Å². The van der Waals surface area contributed by atoms with Gasteiger partial charge in [0.15, 0.2) is 0 Å². The zero-order chi connectivity index (χ0) is 17.8.